The Bertz CT molecular complexity index is 1450. The molecule has 5 N–H and O–H groups in total. The molecule has 0 aliphatic carbocycles. The molecule has 17 heteroatoms. The number of fused-ring (bicyclic) bond motifs is 1. The van der Waals surface area contributed by atoms with Gasteiger partial charge in [0, 0.05) is 37.2 Å². The molecule has 0 spiro atoms. The molecule has 0 bridgehead atoms. The van der Waals surface area contributed by atoms with Crippen LogP contribution in [-0.4, -0.2) is 54.7 Å². The maximum absolute atomic E-state index is 13.9. The summed E-state index contributed by atoms with van der Waals surface area (Å²) in [6.07, 6.45) is -5.22. The molecular weight excluding hydrogens is 585 g/mol. The smallest absolute Gasteiger partial charge is 0.466 e. The van der Waals surface area contributed by atoms with Gasteiger partial charge in [-0.1, -0.05) is 12.1 Å². The fourth-order valence-corrected chi connectivity index (χ4v) is 4.28. The van der Waals surface area contributed by atoms with Gasteiger partial charge < -0.3 is 34.6 Å². The second kappa shape index (κ2) is 12.6. The monoisotopic (exact) mass is 610 g/mol. The van der Waals surface area contributed by atoms with E-state index in [2.05, 4.69) is 4.98 Å². The molecule has 0 fully saturated rings. The van der Waals surface area contributed by atoms with Gasteiger partial charge in [-0.25, -0.2) is 22.7 Å². The van der Waals surface area contributed by atoms with E-state index in [1.54, 1.807) is 24.3 Å². The van der Waals surface area contributed by atoms with E-state index in [1.165, 1.54) is 12.0 Å². The first-order valence-corrected chi connectivity index (χ1v) is 13.3. The Hall–Kier alpha value is -3.43. The van der Waals surface area contributed by atoms with Crippen molar-refractivity contribution in [2.75, 3.05) is 13.7 Å². The summed E-state index contributed by atoms with van der Waals surface area (Å²) in [5.74, 6) is -4.78. The molecule has 2 aromatic carbocycles. The van der Waals surface area contributed by atoms with E-state index >= 15 is 0 Å². The highest BCUT2D eigenvalue weighted by Gasteiger charge is 2.41. The summed E-state index contributed by atoms with van der Waals surface area (Å²) < 4.78 is 96.9. The predicted octanol–water partition coefficient (Wildman–Crippen LogP) is 3.37. The van der Waals surface area contributed by atoms with E-state index in [4.69, 9.17) is 29.7 Å². The summed E-state index contributed by atoms with van der Waals surface area (Å²) in [6, 6.07) is 6.64. The number of hydrogen-bond acceptors (Lipinski definition) is 5. The van der Waals surface area contributed by atoms with Crippen LogP contribution in [0, 0.1) is 17.5 Å². The van der Waals surface area contributed by atoms with E-state index in [0.717, 1.165) is 4.57 Å². The van der Waals surface area contributed by atoms with Gasteiger partial charge in [-0.2, -0.15) is 13.2 Å². The topological polar surface area (TPSA) is 151 Å². The second-order valence-electron chi connectivity index (χ2n) is 8.94. The van der Waals surface area contributed by atoms with Gasteiger partial charge in [-0.05, 0) is 30.2 Å². The fourth-order valence-electron chi connectivity index (χ4n) is 4.28. The maximum atomic E-state index is 13.9. The number of alkyl halides is 3. The summed E-state index contributed by atoms with van der Waals surface area (Å²) in [4.78, 5) is 39.7. The minimum absolute atomic E-state index is 0.0249. The van der Waals surface area contributed by atoms with Gasteiger partial charge in [0.1, 0.15) is 11.6 Å². The first-order valence-electron chi connectivity index (χ1n) is 11.7. The number of rotatable bonds is 6. The number of imidazole rings is 1. The van der Waals surface area contributed by atoms with Crippen LogP contribution in [0.15, 0.2) is 36.4 Å². The summed E-state index contributed by atoms with van der Waals surface area (Å²) in [5.41, 5.74) is 6.37. The van der Waals surface area contributed by atoms with Crippen molar-refractivity contribution in [3.05, 3.63) is 70.9 Å². The standard InChI is InChI=1S/C24H22F6N4O2.H3O4P/c1-36-20-5-3-2-4-15(20)22-19-12-33(6-7-34(19)23(32-22)24(28,29)30)21(35)10-14(31)8-13-9-17(26)18(27)11-16(13)25;1-5(2,3)4/h2-5,9,11,14H,6-8,10,12,31H2,1H3;(H3,1,2,3,4)/t14-;/m1./s1. The van der Waals surface area contributed by atoms with Crippen molar-refractivity contribution in [1.82, 2.24) is 14.5 Å². The van der Waals surface area contributed by atoms with Crippen molar-refractivity contribution in [3.8, 4) is 17.0 Å². The molecule has 41 heavy (non-hydrogen) atoms. The summed E-state index contributed by atoms with van der Waals surface area (Å²) in [6.45, 7) is -0.338. The van der Waals surface area contributed by atoms with E-state index in [9.17, 15) is 31.1 Å². The summed E-state index contributed by atoms with van der Waals surface area (Å²) >= 11 is 0. The number of benzene rings is 2. The Balaban J connectivity index is 0.000000850. The summed E-state index contributed by atoms with van der Waals surface area (Å²) in [5, 5.41) is 0. The Morgan fingerprint density at radius 1 is 1.10 bits per heavy atom. The van der Waals surface area contributed by atoms with Crippen molar-refractivity contribution in [2.24, 2.45) is 5.73 Å². The SMILES string of the molecule is COc1ccccc1-c1nc(C(F)(F)F)n2c1CN(C(=O)C[C@H](N)Cc1cc(F)c(F)cc1F)CC2.O=P(O)(O)O. The normalized spacial score (nSPS) is 14.2. The number of ether oxygens (including phenoxy) is 1. The second-order valence-corrected chi connectivity index (χ2v) is 9.96. The molecule has 3 aromatic rings. The average Bonchev–Trinajstić information content (AvgIpc) is 3.25. The number of phosphoric acid groups is 1. The number of nitrogens with two attached hydrogens (primary N) is 1. The number of para-hydroxylation sites is 1. The minimum atomic E-state index is -4.71. The maximum Gasteiger partial charge on any atom is 0.466 e. The van der Waals surface area contributed by atoms with Gasteiger partial charge in [0.2, 0.25) is 11.7 Å². The molecule has 1 aliphatic rings. The molecule has 224 valence electrons. The molecule has 0 radical (unpaired) electrons. The van der Waals surface area contributed by atoms with Gasteiger partial charge in [-0.3, -0.25) is 4.79 Å². The van der Waals surface area contributed by atoms with Crippen LogP contribution in [0.1, 0.15) is 23.5 Å². The van der Waals surface area contributed by atoms with Crippen LogP contribution in [0.25, 0.3) is 11.3 Å². The van der Waals surface area contributed by atoms with Gasteiger partial charge in [0.05, 0.1) is 25.0 Å². The van der Waals surface area contributed by atoms with Crippen LogP contribution in [0.4, 0.5) is 26.3 Å². The van der Waals surface area contributed by atoms with E-state index < -0.39 is 49.2 Å². The predicted molar refractivity (Wildman–Crippen MR) is 132 cm³/mol. The minimum Gasteiger partial charge on any atom is -0.496 e. The summed E-state index contributed by atoms with van der Waals surface area (Å²) in [7, 11) is -3.25. The number of amides is 1. The molecule has 4 rings (SSSR count). The van der Waals surface area contributed by atoms with Gasteiger partial charge >= 0.3 is 14.0 Å². The van der Waals surface area contributed by atoms with E-state index in [1.807, 2.05) is 0 Å². The zero-order chi connectivity index (χ0) is 30.7. The lowest BCUT2D eigenvalue weighted by Gasteiger charge is -2.30. The molecule has 0 saturated carbocycles. The molecule has 1 aromatic heterocycles. The molecule has 0 unspecified atom stereocenters. The van der Waals surface area contributed by atoms with Crippen molar-refractivity contribution < 1.29 is 55.1 Å². The van der Waals surface area contributed by atoms with Gasteiger partial charge in [0.25, 0.3) is 0 Å². The molecule has 10 nitrogen and oxygen atoms in total. The number of methoxy groups -OCH3 is 1. The van der Waals surface area contributed by atoms with Crippen molar-refractivity contribution in [1.29, 1.82) is 0 Å². The number of carbonyl (C=O) groups excluding carboxylic acids is 1. The number of aromatic nitrogens is 2. The van der Waals surface area contributed by atoms with Gasteiger partial charge in [0.15, 0.2) is 11.6 Å². The van der Waals surface area contributed by atoms with Crippen LogP contribution >= 0.6 is 7.82 Å². The van der Waals surface area contributed by atoms with Crippen LogP contribution in [-0.2, 0) is 35.0 Å². The lowest BCUT2D eigenvalue weighted by Crippen LogP contribution is -2.42. The molecule has 1 atom stereocenters. The lowest BCUT2D eigenvalue weighted by molar-refractivity contribution is -0.148. The number of hydrogen-bond donors (Lipinski definition) is 4. The molecule has 1 amide bonds. The zero-order valence-corrected chi connectivity index (χ0v) is 22.2. The lowest BCUT2D eigenvalue weighted by atomic mass is 10.0. The van der Waals surface area contributed by atoms with Crippen molar-refractivity contribution in [3.63, 3.8) is 0 Å². The molecule has 2 heterocycles. The third-order valence-corrected chi connectivity index (χ3v) is 5.98. The van der Waals surface area contributed by atoms with E-state index in [0.29, 0.717) is 23.4 Å². The van der Waals surface area contributed by atoms with Gasteiger partial charge in [-0.15, -0.1) is 0 Å². The highest BCUT2D eigenvalue weighted by Crippen LogP contribution is 2.38. The first kappa shape index (κ1) is 32.1. The highest BCUT2D eigenvalue weighted by atomic mass is 31.2. The van der Waals surface area contributed by atoms with Crippen LogP contribution < -0.4 is 10.5 Å². The van der Waals surface area contributed by atoms with Crippen LogP contribution in [0.3, 0.4) is 0 Å². The Morgan fingerprint density at radius 2 is 1.71 bits per heavy atom. The van der Waals surface area contributed by atoms with Crippen LogP contribution in [0.2, 0.25) is 0 Å². The third kappa shape index (κ3) is 8.30. The van der Waals surface area contributed by atoms with E-state index in [-0.39, 0.29) is 49.4 Å². The Labute approximate surface area is 229 Å². The zero-order valence-electron chi connectivity index (χ0n) is 21.3. The number of carbonyl (C=O) groups is 1. The Kier molecular flexibility index (Phi) is 9.87. The third-order valence-electron chi connectivity index (χ3n) is 5.98. The highest BCUT2D eigenvalue weighted by molar-refractivity contribution is 7.45. The van der Waals surface area contributed by atoms with Crippen molar-refractivity contribution in [2.45, 2.75) is 38.1 Å². The number of halogens is 6. The molecule has 0 saturated heterocycles. The van der Waals surface area contributed by atoms with Crippen LogP contribution in [0.5, 0.6) is 5.75 Å². The fraction of sp³-hybridized carbons (Fsp3) is 0.333. The average molecular weight is 610 g/mol. The molecular formula is C24H25F6N4O6P. The largest absolute Gasteiger partial charge is 0.496 e. The molecule has 1 aliphatic heterocycles. The number of nitrogens with zero attached hydrogens (tertiary/aromatic N) is 3. The quantitative estimate of drug-likeness (QED) is 0.189. The van der Waals surface area contributed by atoms with Crippen molar-refractivity contribution >= 4 is 13.7 Å². The first-order chi connectivity index (χ1) is 19.0. The Morgan fingerprint density at radius 3 is 2.32 bits per heavy atom.